The first kappa shape index (κ1) is 13.6. The first-order valence-electron chi connectivity index (χ1n) is 6.73. The molecule has 1 aromatic rings. The summed E-state index contributed by atoms with van der Waals surface area (Å²) < 4.78 is 5.52. The summed E-state index contributed by atoms with van der Waals surface area (Å²) in [7, 11) is 0. The van der Waals surface area contributed by atoms with Gasteiger partial charge < -0.3 is 19.5 Å². The fraction of sp³-hybridized carbons (Fsp3) is 0.750. The number of piperazine rings is 1. The van der Waals surface area contributed by atoms with E-state index in [2.05, 4.69) is 15.5 Å². The van der Waals surface area contributed by atoms with Crippen LogP contribution in [-0.4, -0.2) is 53.3 Å². The Balaban J connectivity index is 1.86. The van der Waals surface area contributed by atoms with Gasteiger partial charge in [0.15, 0.2) is 0 Å². The van der Waals surface area contributed by atoms with Gasteiger partial charge in [-0.3, -0.25) is 0 Å². The molecule has 0 saturated carbocycles. The van der Waals surface area contributed by atoms with Gasteiger partial charge in [-0.05, 0) is 13.8 Å². The molecule has 0 spiro atoms. The Morgan fingerprint density at radius 1 is 1.32 bits per heavy atom. The summed E-state index contributed by atoms with van der Waals surface area (Å²) in [6.45, 7) is 8.67. The zero-order valence-corrected chi connectivity index (χ0v) is 11.7. The Morgan fingerprint density at radius 3 is 2.53 bits per heavy atom. The van der Waals surface area contributed by atoms with Crippen LogP contribution in [-0.2, 0) is 6.42 Å². The van der Waals surface area contributed by atoms with Crippen molar-refractivity contribution in [1.82, 2.24) is 20.4 Å². The summed E-state index contributed by atoms with van der Waals surface area (Å²) in [5, 5.41) is 10.9. The highest BCUT2D eigenvalue weighted by Gasteiger charge is 2.24. The topological polar surface area (TPSA) is 74.5 Å². The van der Waals surface area contributed by atoms with E-state index in [1.54, 1.807) is 0 Å². The van der Waals surface area contributed by atoms with Crippen LogP contribution in [0.25, 0.3) is 0 Å². The first-order valence-corrected chi connectivity index (χ1v) is 6.73. The monoisotopic (exact) mass is 267 g/mol. The number of rotatable bonds is 3. The van der Waals surface area contributed by atoms with Crippen molar-refractivity contribution in [2.24, 2.45) is 0 Å². The van der Waals surface area contributed by atoms with Crippen LogP contribution in [0.5, 0.6) is 0 Å². The number of carbonyl (C=O) groups is 1. The SMILES string of the molecule is CCc1nnc(N2CCN(C(=O)NC(C)C)CC2)o1. The minimum absolute atomic E-state index is 0.00516. The van der Waals surface area contributed by atoms with Crippen molar-refractivity contribution < 1.29 is 9.21 Å². The summed E-state index contributed by atoms with van der Waals surface area (Å²) >= 11 is 0. The summed E-state index contributed by atoms with van der Waals surface area (Å²) in [4.78, 5) is 15.7. The van der Waals surface area contributed by atoms with Crippen molar-refractivity contribution in [3.63, 3.8) is 0 Å². The maximum atomic E-state index is 11.8. The average Bonchev–Trinajstić information content (AvgIpc) is 2.87. The number of hydrogen-bond donors (Lipinski definition) is 1. The Bertz CT molecular complexity index is 424. The fourth-order valence-electron chi connectivity index (χ4n) is 1.95. The van der Waals surface area contributed by atoms with Gasteiger partial charge in [0.1, 0.15) is 0 Å². The second kappa shape index (κ2) is 5.90. The maximum Gasteiger partial charge on any atom is 0.318 e. The molecule has 1 fully saturated rings. The van der Waals surface area contributed by atoms with Crippen molar-refractivity contribution in [3.8, 4) is 0 Å². The highest BCUT2D eigenvalue weighted by atomic mass is 16.4. The number of nitrogens with zero attached hydrogens (tertiary/aromatic N) is 4. The largest absolute Gasteiger partial charge is 0.408 e. The van der Waals surface area contributed by atoms with E-state index >= 15 is 0 Å². The van der Waals surface area contributed by atoms with E-state index in [9.17, 15) is 4.79 Å². The quantitative estimate of drug-likeness (QED) is 0.879. The molecule has 1 saturated heterocycles. The van der Waals surface area contributed by atoms with Crippen LogP contribution in [0.3, 0.4) is 0 Å². The fourth-order valence-corrected chi connectivity index (χ4v) is 1.95. The van der Waals surface area contributed by atoms with Crippen molar-refractivity contribution in [2.75, 3.05) is 31.1 Å². The first-order chi connectivity index (χ1) is 9.10. The van der Waals surface area contributed by atoms with Gasteiger partial charge in [-0.2, -0.15) is 0 Å². The van der Waals surface area contributed by atoms with E-state index in [0.717, 1.165) is 19.5 Å². The van der Waals surface area contributed by atoms with E-state index in [4.69, 9.17) is 4.42 Å². The summed E-state index contributed by atoms with van der Waals surface area (Å²) in [5.74, 6) is 0.648. The third-order valence-corrected chi connectivity index (χ3v) is 3.01. The molecule has 2 rings (SSSR count). The molecule has 0 unspecified atom stereocenters. The molecule has 1 aromatic heterocycles. The zero-order chi connectivity index (χ0) is 13.8. The summed E-state index contributed by atoms with van der Waals surface area (Å²) in [6.07, 6.45) is 0.740. The highest BCUT2D eigenvalue weighted by molar-refractivity contribution is 5.74. The lowest BCUT2D eigenvalue weighted by atomic mass is 10.3. The average molecular weight is 267 g/mol. The number of nitrogens with one attached hydrogen (secondary N) is 1. The molecule has 0 aliphatic carbocycles. The van der Waals surface area contributed by atoms with Crippen molar-refractivity contribution >= 4 is 12.0 Å². The van der Waals surface area contributed by atoms with Crippen molar-refractivity contribution in [1.29, 1.82) is 0 Å². The predicted octanol–water partition coefficient (Wildman–Crippen LogP) is 0.872. The van der Waals surface area contributed by atoms with E-state index in [1.807, 2.05) is 30.6 Å². The molecule has 0 atom stereocenters. The standard InChI is InChI=1S/C12H21N5O2/c1-4-10-14-15-12(19-10)17-7-5-16(6-8-17)11(18)13-9(2)3/h9H,4-8H2,1-3H3,(H,13,18). The van der Waals surface area contributed by atoms with Gasteiger partial charge in [-0.1, -0.05) is 12.0 Å². The van der Waals surface area contributed by atoms with E-state index in [1.165, 1.54) is 0 Å². The van der Waals surface area contributed by atoms with Crippen LogP contribution in [0.2, 0.25) is 0 Å². The molecule has 0 bridgehead atoms. The molecule has 0 radical (unpaired) electrons. The van der Waals surface area contributed by atoms with E-state index in [0.29, 0.717) is 25.0 Å². The molecular formula is C12H21N5O2. The number of carbonyl (C=O) groups excluding carboxylic acids is 1. The van der Waals surface area contributed by atoms with Crippen LogP contribution in [0.1, 0.15) is 26.7 Å². The normalized spacial score (nSPS) is 16.0. The van der Waals surface area contributed by atoms with Gasteiger partial charge in [0.25, 0.3) is 0 Å². The van der Waals surface area contributed by atoms with Gasteiger partial charge in [-0.15, -0.1) is 5.10 Å². The van der Waals surface area contributed by atoms with Crippen LogP contribution in [0, 0.1) is 0 Å². The predicted molar refractivity (Wildman–Crippen MR) is 71.1 cm³/mol. The number of aryl methyl sites for hydroxylation is 1. The van der Waals surface area contributed by atoms with Crippen molar-refractivity contribution in [3.05, 3.63) is 5.89 Å². The van der Waals surface area contributed by atoms with Gasteiger partial charge >= 0.3 is 12.0 Å². The zero-order valence-electron chi connectivity index (χ0n) is 11.7. The number of amides is 2. The van der Waals surface area contributed by atoms with Gasteiger partial charge in [0.05, 0.1) is 0 Å². The Morgan fingerprint density at radius 2 is 2.00 bits per heavy atom. The minimum Gasteiger partial charge on any atom is -0.408 e. The molecular weight excluding hydrogens is 246 g/mol. The summed E-state index contributed by atoms with van der Waals surface area (Å²) in [5.41, 5.74) is 0. The molecule has 1 aliphatic rings. The van der Waals surface area contributed by atoms with Crippen LogP contribution in [0.4, 0.5) is 10.8 Å². The lowest BCUT2D eigenvalue weighted by Gasteiger charge is -2.34. The third-order valence-electron chi connectivity index (χ3n) is 3.01. The molecule has 1 N–H and O–H groups in total. The maximum absolute atomic E-state index is 11.8. The molecule has 19 heavy (non-hydrogen) atoms. The number of aromatic nitrogens is 2. The minimum atomic E-state index is -0.00516. The molecule has 2 amide bonds. The van der Waals surface area contributed by atoms with Crippen molar-refractivity contribution in [2.45, 2.75) is 33.2 Å². The Kier molecular flexibility index (Phi) is 4.24. The second-order valence-electron chi connectivity index (χ2n) is 4.91. The van der Waals surface area contributed by atoms with Crippen LogP contribution >= 0.6 is 0 Å². The highest BCUT2D eigenvalue weighted by Crippen LogP contribution is 2.14. The van der Waals surface area contributed by atoms with Gasteiger partial charge in [0, 0.05) is 38.6 Å². The lowest BCUT2D eigenvalue weighted by molar-refractivity contribution is 0.191. The number of anilines is 1. The number of urea groups is 1. The molecule has 7 nitrogen and oxygen atoms in total. The van der Waals surface area contributed by atoms with Crippen LogP contribution < -0.4 is 10.2 Å². The lowest BCUT2D eigenvalue weighted by Crippen LogP contribution is -2.53. The Hall–Kier alpha value is -1.79. The van der Waals surface area contributed by atoms with Gasteiger partial charge in [-0.25, -0.2) is 4.79 Å². The Labute approximate surface area is 113 Å². The molecule has 1 aliphatic heterocycles. The summed E-state index contributed by atoms with van der Waals surface area (Å²) in [6, 6.07) is 0.712. The van der Waals surface area contributed by atoms with E-state index in [-0.39, 0.29) is 12.1 Å². The number of hydrogen-bond acceptors (Lipinski definition) is 5. The third kappa shape index (κ3) is 3.36. The van der Waals surface area contributed by atoms with E-state index < -0.39 is 0 Å². The molecule has 106 valence electrons. The second-order valence-corrected chi connectivity index (χ2v) is 4.91. The molecule has 0 aromatic carbocycles. The smallest absolute Gasteiger partial charge is 0.318 e. The van der Waals surface area contributed by atoms with Crippen LogP contribution in [0.15, 0.2) is 4.42 Å². The van der Waals surface area contributed by atoms with Gasteiger partial charge in [0.2, 0.25) is 5.89 Å². The molecule has 7 heteroatoms. The molecule has 2 heterocycles.